The molecule has 0 saturated carbocycles. The highest BCUT2D eigenvalue weighted by Crippen LogP contribution is 2.28. The Morgan fingerprint density at radius 3 is 2.38 bits per heavy atom. The minimum absolute atomic E-state index is 0.149. The zero-order chi connectivity index (χ0) is 17.9. The van der Waals surface area contributed by atoms with Gasteiger partial charge in [0.1, 0.15) is 0 Å². The number of carbonyl (C=O) groups is 1. The number of carbonyl (C=O) groups excluding carboxylic acids is 1. The minimum Gasteiger partial charge on any atom is -0.340 e. The van der Waals surface area contributed by atoms with Gasteiger partial charge in [0.15, 0.2) is 0 Å². The average Bonchev–Trinajstić information content (AvgIpc) is 2.87. The van der Waals surface area contributed by atoms with E-state index in [1.54, 1.807) is 6.07 Å². The summed E-state index contributed by atoms with van der Waals surface area (Å²) >= 11 is 1.51. The van der Waals surface area contributed by atoms with Crippen LogP contribution >= 0.6 is 11.3 Å². The van der Waals surface area contributed by atoms with E-state index in [0.717, 1.165) is 22.6 Å². The molecule has 0 radical (unpaired) electrons. The third-order valence-electron chi connectivity index (χ3n) is 4.51. The first-order valence-corrected chi connectivity index (χ1v) is 10.9. The van der Waals surface area contributed by atoms with E-state index in [4.69, 9.17) is 0 Å². The van der Waals surface area contributed by atoms with Crippen molar-refractivity contribution in [2.45, 2.75) is 51.9 Å². The second-order valence-electron chi connectivity index (χ2n) is 6.66. The fourth-order valence-corrected chi connectivity index (χ4v) is 6.15. The molecule has 5 nitrogen and oxygen atoms in total. The summed E-state index contributed by atoms with van der Waals surface area (Å²) in [6, 6.07) is 1.75. The van der Waals surface area contributed by atoms with Crippen molar-refractivity contribution in [3.05, 3.63) is 15.8 Å². The number of rotatable bonds is 6. The molecule has 0 aromatic carbocycles. The number of sulfonamides is 1. The Kier molecular flexibility index (Phi) is 6.45. The Balaban J connectivity index is 1.97. The Labute approximate surface area is 149 Å². The molecule has 136 valence electrons. The van der Waals surface area contributed by atoms with Gasteiger partial charge in [0.25, 0.3) is 0 Å². The summed E-state index contributed by atoms with van der Waals surface area (Å²) in [6.45, 7) is 9.72. The van der Waals surface area contributed by atoms with Gasteiger partial charge in [0.2, 0.25) is 15.9 Å². The molecule has 1 fully saturated rings. The van der Waals surface area contributed by atoms with Crippen LogP contribution in [-0.2, 0) is 14.8 Å². The molecule has 1 aromatic rings. The number of piperazine rings is 1. The molecule has 1 aromatic heterocycles. The summed E-state index contributed by atoms with van der Waals surface area (Å²) in [5.74, 6) is 0.538. The molecule has 1 aliphatic rings. The van der Waals surface area contributed by atoms with Crippen LogP contribution in [0.15, 0.2) is 11.0 Å². The Hall–Kier alpha value is -0.920. The summed E-state index contributed by atoms with van der Waals surface area (Å²) in [6.07, 6.45) is 2.69. The van der Waals surface area contributed by atoms with E-state index < -0.39 is 10.0 Å². The van der Waals surface area contributed by atoms with E-state index in [-0.39, 0.29) is 5.91 Å². The zero-order valence-corrected chi connectivity index (χ0v) is 16.7. The summed E-state index contributed by atoms with van der Waals surface area (Å²) in [5, 5.41) is 0. The van der Waals surface area contributed by atoms with Crippen LogP contribution in [0.4, 0.5) is 0 Å². The Morgan fingerprint density at radius 1 is 1.25 bits per heavy atom. The average molecular weight is 373 g/mol. The number of hydrogen-bond donors (Lipinski definition) is 0. The molecule has 0 bridgehead atoms. The second-order valence-corrected chi connectivity index (χ2v) is 10.0. The second kappa shape index (κ2) is 7.97. The molecule has 0 spiro atoms. The van der Waals surface area contributed by atoms with Crippen LogP contribution < -0.4 is 0 Å². The van der Waals surface area contributed by atoms with Gasteiger partial charge < -0.3 is 4.90 Å². The van der Waals surface area contributed by atoms with Crippen LogP contribution in [-0.4, -0.2) is 49.7 Å². The molecular formula is C17H28N2O3S2. The van der Waals surface area contributed by atoms with Gasteiger partial charge in [0, 0.05) is 42.4 Å². The fraction of sp³-hybridized carbons (Fsp3) is 0.706. The van der Waals surface area contributed by atoms with Gasteiger partial charge in [0.05, 0.1) is 4.90 Å². The van der Waals surface area contributed by atoms with Crippen LogP contribution in [0.3, 0.4) is 0 Å². The SMILES string of the molecule is CCCC(C)CC(=O)N1CCN(S(=O)(=O)c2cc(C)sc2C)CC1. The monoisotopic (exact) mass is 372 g/mol. The smallest absolute Gasteiger partial charge is 0.244 e. The van der Waals surface area contributed by atoms with Gasteiger partial charge in [-0.3, -0.25) is 4.79 Å². The lowest BCUT2D eigenvalue weighted by molar-refractivity contribution is -0.133. The number of amides is 1. The first kappa shape index (κ1) is 19.4. The summed E-state index contributed by atoms with van der Waals surface area (Å²) in [5.41, 5.74) is 0. The maximum Gasteiger partial charge on any atom is 0.244 e. The number of nitrogens with zero attached hydrogens (tertiary/aromatic N) is 2. The maximum absolute atomic E-state index is 12.8. The molecular weight excluding hydrogens is 344 g/mol. The van der Waals surface area contributed by atoms with E-state index in [2.05, 4.69) is 13.8 Å². The van der Waals surface area contributed by atoms with Crippen LogP contribution in [0.5, 0.6) is 0 Å². The van der Waals surface area contributed by atoms with Crippen molar-refractivity contribution in [3.63, 3.8) is 0 Å². The molecule has 1 unspecified atom stereocenters. The van der Waals surface area contributed by atoms with Crippen molar-refractivity contribution in [1.82, 2.24) is 9.21 Å². The summed E-state index contributed by atoms with van der Waals surface area (Å²) < 4.78 is 27.1. The van der Waals surface area contributed by atoms with E-state index in [9.17, 15) is 13.2 Å². The van der Waals surface area contributed by atoms with Crippen molar-refractivity contribution in [3.8, 4) is 0 Å². The van der Waals surface area contributed by atoms with E-state index in [1.165, 1.54) is 15.6 Å². The van der Waals surface area contributed by atoms with Crippen molar-refractivity contribution in [1.29, 1.82) is 0 Å². The summed E-state index contributed by atoms with van der Waals surface area (Å²) in [4.78, 5) is 16.4. The molecule has 24 heavy (non-hydrogen) atoms. The zero-order valence-electron chi connectivity index (χ0n) is 15.0. The molecule has 0 aliphatic carbocycles. The van der Waals surface area contributed by atoms with Gasteiger partial charge in [-0.1, -0.05) is 26.7 Å². The predicted molar refractivity (Wildman–Crippen MR) is 97.8 cm³/mol. The highest BCUT2D eigenvalue weighted by molar-refractivity contribution is 7.89. The van der Waals surface area contributed by atoms with Crippen LogP contribution in [0.2, 0.25) is 0 Å². The van der Waals surface area contributed by atoms with Gasteiger partial charge in [-0.2, -0.15) is 4.31 Å². The molecule has 2 rings (SSSR count). The first-order chi connectivity index (χ1) is 11.3. The highest BCUT2D eigenvalue weighted by atomic mass is 32.2. The number of hydrogen-bond acceptors (Lipinski definition) is 4. The van der Waals surface area contributed by atoms with Crippen LogP contribution in [0.1, 0.15) is 42.9 Å². The lowest BCUT2D eigenvalue weighted by Crippen LogP contribution is -2.50. The normalized spacial score (nSPS) is 17.9. The minimum atomic E-state index is -3.45. The first-order valence-electron chi connectivity index (χ1n) is 8.60. The largest absolute Gasteiger partial charge is 0.340 e. The van der Waals surface area contributed by atoms with Gasteiger partial charge in [-0.15, -0.1) is 11.3 Å². The lowest BCUT2D eigenvalue weighted by Gasteiger charge is -2.34. The van der Waals surface area contributed by atoms with Crippen LogP contribution in [0, 0.1) is 19.8 Å². The molecule has 1 saturated heterocycles. The molecule has 7 heteroatoms. The van der Waals surface area contributed by atoms with Crippen molar-refractivity contribution < 1.29 is 13.2 Å². The van der Waals surface area contributed by atoms with Gasteiger partial charge in [-0.05, 0) is 25.8 Å². The fourth-order valence-electron chi connectivity index (χ4n) is 3.20. The third kappa shape index (κ3) is 4.37. The molecule has 1 atom stereocenters. The number of thiophene rings is 1. The Bertz CT molecular complexity index is 674. The van der Waals surface area contributed by atoms with Crippen LogP contribution in [0.25, 0.3) is 0 Å². The van der Waals surface area contributed by atoms with Gasteiger partial charge >= 0.3 is 0 Å². The predicted octanol–water partition coefficient (Wildman–Crippen LogP) is 3.02. The van der Waals surface area contributed by atoms with Crippen molar-refractivity contribution in [2.24, 2.45) is 5.92 Å². The van der Waals surface area contributed by atoms with E-state index in [1.807, 2.05) is 18.7 Å². The van der Waals surface area contributed by atoms with Crippen molar-refractivity contribution in [2.75, 3.05) is 26.2 Å². The molecule has 1 amide bonds. The van der Waals surface area contributed by atoms with E-state index >= 15 is 0 Å². The Morgan fingerprint density at radius 2 is 1.88 bits per heavy atom. The topological polar surface area (TPSA) is 57.7 Å². The van der Waals surface area contributed by atoms with Gasteiger partial charge in [-0.25, -0.2) is 8.42 Å². The third-order valence-corrected chi connectivity index (χ3v) is 7.63. The maximum atomic E-state index is 12.8. The molecule has 0 N–H and O–H groups in total. The standard InChI is InChI=1S/C17H28N2O3S2/c1-5-6-13(2)11-17(20)18-7-9-19(10-8-18)24(21,22)16-12-14(3)23-15(16)4/h12-13H,5-11H2,1-4H3. The van der Waals surface area contributed by atoms with Crippen molar-refractivity contribution >= 4 is 27.3 Å². The molecule has 1 aliphatic heterocycles. The quantitative estimate of drug-likeness (QED) is 0.771. The molecule has 2 heterocycles. The van der Waals surface area contributed by atoms with E-state index in [0.29, 0.717) is 43.4 Å². The highest BCUT2D eigenvalue weighted by Gasteiger charge is 2.31. The summed E-state index contributed by atoms with van der Waals surface area (Å²) in [7, 11) is -3.45. The number of aryl methyl sites for hydroxylation is 2. The lowest BCUT2D eigenvalue weighted by atomic mass is 10.0.